The Morgan fingerprint density at radius 3 is 2.46 bits per heavy atom. The van der Waals surface area contributed by atoms with Crippen LogP contribution >= 0.6 is 22.9 Å². The van der Waals surface area contributed by atoms with Gasteiger partial charge in [-0.2, -0.15) is 0 Å². The predicted octanol–water partition coefficient (Wildman–Crippen LogP) is 4.28. The summed E-state index contributed by atoms with van der Waals surface area (Å²) < 4.78 is 13.1. The summed E-state index contributed by atoms with van der Waals surface area (Å²) in [7, 11) is 3.14. The van der Waals surface area contributed by atoms with E-state index in [1.165, 1.54) is 11.3 Å². The number of carbonyl (C=O) groups is 1. The molecule has 0 radical (unpaired) electrons. The van der Waals surface area contributed by atoms with E-state index >= 15 is 0 Å². The molecule has 1 aromatic heterocycles. The Labute approximate surface area is 211 Å². The van der Waals surface area contributed by atoms with Gasteiger partial charge in [-0.1, -0.05) is 55.0 Å². The lowest BCUT2D eigenvalue weighted by molar-refractivity contribution is -0.118. The first-order valence-corrected chi connectivity index (χ1v) is 12.5. The van der Waals surface area contributed by atoms with E-state index in [9.17, 15) is 9.59 Å². The molecule has 0 amide bonds. The Bertz CT molecular complexity index is 1550. The van der Waals surface area contributed by atoms with Crippen molar-refractivity contribution in [1.82, 2.24) is 4.57 Å². The van der Waals surface area contributed by atoms with E-state index in [1.54, 1.807) is 37.0 Å². The smallest absolute Gasteiger partial charge is 0.271 e. The number of benzene rings is 2. The Hall–Kier alpha value is -3.16. The van der Waals surface area contributed by atoms with E-state index in [4.69, 9.17) is 26.1 Å². The number of halogens is 1. The van der Waals surface area contributed by atoms with Crippen LogP contribution in [-0.2, 0) is 4.79 Å². The number of fused-ring (bicyclic) bond motifs is 1. The number of allylic oxidation sites excluding steroid dienone is 2. The van der Waals surface area contributed by atoms with Crippen molar-refractivity contribution in [3.8, 4) is 11.5 Å². The Kier molecular flexibility index (Phi) is 5.93. The van der Waals surface area contributed by atoms with Crippen molar-refractivity contribution in [1.29, 1.82) is 0 Å². The van der Waals surface area contributed by atoms with Crippen LogP contribution in [0.5, 0.6) is 11.5 Å². The van der Waals surface area contributed by atoms with E-state index in [2.05, 4.69) is 13.8 Å². The lowest BCUT2D eigenvalue weighted by Gasteiger charge is -2.35. The molecule has 2 heterocycles. The second-order valence-electron chi connectivity index (χ2n) is 9.55. The molecule has 6 nitrogen and oxygen atoms in total. The number of ketones is 1. The van der Waals surface area contributed by atoms with Gasteiger partial charge in [0.25, 0.3) is 5.56 Å². The Morgan fingerprint density at radius 1 is 1.06 bits per heavy atom. The highest BCUT2D eigenvalue weighted by molar-refractivity contribution is 7.07. The topological polar surface area (TPSA) is 69.9 Å². The van der Waals surface area contributed by atoms with Crippen molar-refractivity contribution >= 4 is 34.8 Å². The van der Waals surface area contributed by atoms with Crippen LogP contribution in [0.1, 0.15) is 43.9 Å². The number of hydrogen-bond acceptors (Lipinski definition) is 6. The summed E-state index contributed by atoms with van der Waals surface area (Å²) in [5.41, 5.74) is 2.60. The molecule has 3 aromatic rings. The number of ether oxygens (including phenoxy) is 2. The van der Waals surface area contributed by atoms with Gasteiger partial charge < -0.3 is 9.47 Å². The van der Waals surface area contributed by atoms with Crippen LogP contribution in [0, 0.1) is 5.41 Å². The Balaban J connectivity index is 1.76. The average Bonchev–Trinajstić information content (AvgIpc) is 3.12. The maximum absolute atomic E-state index is 13.7. The number of carbonyl (C=O) groups excluding carboxylic acids is 1. The number of hydrogen-bond donors (Lipinski definition) is 0. The summed E-state index contributed by atoms with van der Waals surface area (Å²) in [6, 6.07) is 12.2. The summed E-state index contributed by atoms with van der Waals surface area (Å²) in [6.45, 7) is 4.15. The maximum Gasteiger partial charge on any atom is 0.271 e. The molecule has 0 saturated carbocycles. The molecule has 2 aliphatic rings. The monoisotopic (exact) mass is 508 g/mol. The highest BCUT2D eigenvalue weighted by Gasteiger charge is 2.40. The van der Waals surface area contributed by atoms with Gasteiger partial charge in [0, 0.05) is 17.0 Å². The fourth-order valence-corrected chi connectivity index (χ4v) is 5.94. The van der Waals surface area contributed by atoms with Gasteiger partial charge in [-0.3, -0.25) is 14.2 Å². The number of aromatic nitrogens is 1. The van der Waals surface area contributed by atoms with Crippen LogP contribution in [0.2, 0.25) is 5.02 Å². The summed E-state index contributed by atoms with van der Waals surface area (Å²) >= 11 is 7.35. The molecule has 0 fully saturated rings. The fourth-order valence-electron chi connectivity index (χ4n) is 4.80. The van der Waals surface area contributed by atoms with Crippen molar-refractivity contribution < 1.29 is 14.3 Å². The minimum Gasteiger partial charge on any atom is -0.493 e. The van der Waals surface area contributed by atoms with Crippen LogP contribution in [0.3, 0.4) is 0 Å². The number of nitrogens with zero attached hydrogens (tertiary/aromatic N) is 2. The zero-order valence-corrected chi connectivity index (χ0v) is 21.5. The van der Waals surface area contributed by atoms with Gasteiger partial charge in [0.1, 0.15) is 0 Å². The molecule has 0 spiro atoms. The van der Waals surface area contributed by atoms with Gasteiger partial charge in [-0.05, 0) is 53.3 Å². The van der Waals surface area contributed by atoms with Gasteiger partial charge >= 0.3 is 0 Å². The molecule has 1 aliphatic carbocycles. The van der Waals surface area contributed by atoms with Crippen LogP contribution in [-0.4, -0.2) is 24.6 Å². The molecule has 1 aliphatic heterocycles. The summed E-state index contributed by atoms with van der Waals surface area (Å²) in [5, 5.41) is 0.630. The van der Waals surface area contributed by atoms with E-state index < -0.39 is 6.04 Å². The standard InChI is InChI=1S/C27H25ClN2O4S/c1-27(2)13-18-23(19(31)14-27)24(16-7-10-20(33-3)21(12-16)34-4)30-25(32)22(35-26(30)29-18)11-15-5-8-17(28)9-6-15/h5-12,24H,13-14H2,1-4H3. The van der Waals surface area contributed by atoms with Crippen LogP contribution < -0.4 is 24.4 Å². The quantitative estimate of drug-likeness (QED) is 0.527. The molecular weight excluding hydrogens is 484 g/mol. The third-order valence-electron chi connectivity index (χ3n) is 6.39. The molecule has 180 valence electrons. The number of thiazole rings is 1. The fraction of sp³-hybridized carbons (Fsp3) is 0.296. The molecule has 0 N–H and O–H groups in total. The van der Waals surface area contributed by atoms with Crippen molar-refractivity contribution in [3.63, 3.8) is 0 Å². The summed E-state index contributed by atoms with van der Waals surface area (Å²) in [6.07, 6.45) is 2.91. The van der Waals surface area contributed by atoms with Crippen molar-refractivity contribution in [2.75, 3.05) is 14.2 Å². The highest BCUT2D eigenvalue weighted by Crippen LogP contribution is 2.44. The number of Topliss-reactive ketones (excluding diaryl/α,β-unsaturated/α-hetero) is 1. The van der Waals surface area contributed by atoms with Gasteiger partial charge in [0.05, 0.1) is 30.5 Å². The first kappa shape index (κ1) is 23.6. The molecule has 5 rings (SSSR count). The molecular formula is C27H25ClN2O4S. The molecule has 1 atom stereocenters. The zero-order valence-electron chi connectivity index (χ0n) is 19.9. The molecule has 0 saturated heterocycles. The normalized spacial score (nSPS) is 19.2. The third-order valence-corrected chi connectivity index (χ3v) is 7.62. The second-order valence-corrected chi connectivity index (χ2v) is 11.0. The van der Waals surface area contributed by atoms with E-state index in [1.807, 2.05) is 30.3 Å². The van der Waals surface area contributed by atoms with Crippen molar-refractivity contribution in [2.45, 2.75) is 32.7 Å². The first-order valence-electron chi connectivity index (χ1n) is 11.3. The highest BCUT2D eigenvalue weighted by atomic mass is 35.5. The molecule has 1 unspecified atom stereocenters. The van der Waals surface area contributed by atoms with Gasteiger partial charge in [-0.15, -0.1) is 0 Å². The average molecular weight is 509 g/mol. The summed E-state index contributed by atoms with van der Waals surface area (Å²) in [4.78, 5) is 32.6. The zero-order chi connectivity index (χ0) is 24.9. The minimum atomic E-state index is -0.586. The van der Waals surface area contributed by atoms with Crippen molar-refractivity contribution in [3.05, 3.63) is 89.6 Å². The second kappa shape index (κ2) is 8.81. The van der Waals surface area contributed by atoms with E-state index in [0.29, 0.717) is 44.3 Å². The van der Waals surface area contributed by atoms with Gasteiger partial charge in [0.2, 0.25) is 0 Å². The first-order chi connectivity index (χ1) is 16.7. The molecule has 0 bridgehead atoms. The predicted molar refractivity (Wildman–Crippen MR) is 137 cm³/mol. The SMILES string of the molecule is COc1ccc(C2C3=C(CC(C)(C)CC3=O)N=c3sc(=Cc4ccc(Cl)cc4)c(=O)n32)cc1OC. The largest absolute Gasteiger partial charge is 0.493 e. The van der Waals surface area contributed by atoms with Crippen LogP contribution in [0.25, 0.3) is 6.08 Å². The van der Waals surface area contributed by atoms with Crippen LogP contribution in [0.15, 0.2) is 63.5 Å². The summed E-state index contributed by atoms with van der Waals surface area (Å²) in [5.74, 6) is 1.14. The lowest BCUT2D eigenvalue weighted by atomic mass is 9.73. The molecule has 35 heavy (non-hydrogen) atoms. The minimum absolute atomic E-state index is 0.0202. The van der Waals surface area contributed by atoms with Crippen molar-refractivity contribution in [2.24, 2.45) is 10.4 Å². The third kappa shape index (κ3) is 4.23. The lowest BCUT2D eigenvalue weighted by Crippen LogP contribution is -2.42. The van der Waals surface area contributed by atoms with Gasteiger partial charge in [-0.25, -0.2) is 4.99 Å². The van der Waals surface area contributed by atoms with Gasteiger partial charge in [0.15, 0.2) is 22.1 Å². The molecule has 8 heteroatoms. The van der Waals surface area contributed by atoms with E-state index in [0.717, 1.165) is 16.8 Å². The molecule has 2 aromatic carbocycles. The Morgan fingerprint density at radius 2 is 1.77 bits per heavy atom. The van der Waals surface area contributed by atoms with Crippen LogP contribution in [0.4, 0.5) is 0 Å². The maximum atomic E-state index is 13.7. The number of methoxy groups -OCH3 is 2. The van der Waals surface area contributed by atoms with E-state index in [-0.39, 0.29) is 16.8 Å². The number of rotatable bonds is 4.